The predicted octanol–water partition coefficient (Wildman–Crippen LogP) is 1.83. The van der Waals surface area contributed by atoms with E-state index < -0.39 is 5.54 Å². The van der Waals surface area contributed by atoms with Gasteiger partial charge in [0.25, 0.3) is 5.56 Å². The van der Waals surface area contributed by atoms with Crippen molar-refractivity contribution in [3.8, 4) is 11.8 Å². The lowest BCUT2D eigenvalue weighted by Gasteiger charge is -2.22. The second kappa shape index (κ2) is 6.17. The molecule has 0 amide bonds. The molecule has 1 saturated carbocycles. The van der Waals surface area contributed by atoms with E-state index >= 15 is 0 Å². The Labute approximate surface area is 165 Å². The summed E-state index contributed by atoms with van der Waals surface area (Å²) in [6.07, 6.45) is 4.51. The molecule has 3 heterocycles. The highest BCUT2D eigenvalue weighted by atomic mass is 16.1. The first kappa shape index (κ1) is 16.9. The number of nitrogens with two attached hydrogens (primary N) is 1. The van der Waals surface area contributed by atoms with Crippen molar-refractivity contribution in [3.05, 3.63) is 76.7 Å². The number of anilines is 2. The van der Waals surface area contributed by atoms with Gasteiger partial charge in [0.1, 0.15) is 35.1 Å². The summed E-state index contributed by atoms with van der Waals surface area (Å²) in [5.41, 5.74) is 6.40. The third kappa shape index (κ3) is 2.62. The van der Waals surface area contributed by atoms with Crippen LogP contribution in [-0.4, -0.2) is 24.1 Å². The highest BCUT2D eigenvalue weighted by Gasteiger charge is 2.49. The van der Waals surface area contributed by atoms with Gasteiger partial charge in [-0.15, -0.1) is 0 Å². The summed E-state index contributed by atoms with van der Waals surface area (Å²) in [5, 5.41) is 17.5. The van der Waals surface area contributed by atoms with Crippen LogP contribution in [-0.2, 0) is 5.54 Å². The van der Waals surface area contributed by atoms with Crippen molar-refractivity contribution in [2.45, 2.75) is 18.4 Å². The SMILES string of the molecule is N#Cc1c(N)ncnc1NC1(c2nn3cccc3c(=O)n2-c2ccccc2)CC1. The number of nitrogens with zero attached hydrogens (tertiary/aromatic N) is 6. The van der Waals surface area contributed by atoms with Gasteiger partial charge in [0.15, 0.2) is 5.82 Å². The van der Waals surface area contributed by atoms with Crippen molar-refractivity contribution in [2.24, 2.45) is 0 Å². The second-order valence-electron chi connectivity index (χ2n) is 6.94. The summed E-state index contributed by atoms with van der Waals surface area (Å²) in [5.74, 6) is 0.993. The Balaban J connectivity index is 1.72. The number of nitrogen functional groups attached to an aromatic ring is 1. The van der Waals surface area contributed by atoms with Gasteiger partial charge in [-0.1, -0.05) is 18.2 Å². The maximum atomic E-state index is 13.3. The second-order valence-corrected chi connectivity index (χ2v) is 6.94. The standard InChI is InChI=1S/C20H16N8O/c21-11-14-16(22)23-12-24-17(14)25-20(8-9-20)19-26-27-10-4-7-15(27)18(29)28(19)13-5-2-1-3-6-13/h1-7,10,12H,8-9H2,(H3,22,23,24,25). The molecule has 0 radical (unpaired) electrons. The van der Waals surface area contributed by atoms with Crippen LogP contribution in [0, 0.1) is 11.3 Å². The van der Waals surface area contributed by atoms with E-state index in [4.69, 9.17) is 10.8 Å². The number of benzene rings is 1. The van der Waals surface area contributed by atoms with E-state index in [1.807, 2.05) is 36.4 Å². The van der Waals surface area contributed by atoms with E-state index in [0.29, 0.717) is 17.2 Å². The summed E-state index contributed by atoms with van der Waals surface area (Å²) in [4.78, 5) is 21.4. The fraction of sp³-hybridized carbons (Fsp3) is 0.150. The van der Waals surface area contributed by atoms with E-state index in [-0.39, 0.29) is 16.9 Å². The van der Waals surface area contributed by atoms with E-state index in [1.54, 1.807) is 27.4 Å². The van der Waals surface area contributed by atoms with Crippen LogP contribution in [0.15, 0.2) is 59.8 Å². The number of hydrogen-bond donors (Lipinski definition) is 2. The van der Waals surface area contributed by atoms with Gasteiger partial charge in [-0.2, -0.15) is 10.4 Å². The fourth-order valence-electron chi connectivity index (χ4n) is 3.47. The van der Waals surface area contributed by atoms with Gasteiger partial charge >= 0.3 is 0 Å². The number of fused-ring (bicyclic) bond motifs is 1. The van der Waals surface area contributed by atoms with Crippen LogP contribution in [0.25, 0.3) is 11.2 Å². The highest BCUT2D eigenvalue weighted by Crippen LogP contribution is 2.47. The highest BCUT2D eigenvalue weighted by molar-refractivity contribution is 5.64. The molecule has 9 heteroatoms. The third-order valence-electron chi connectivity index (χ3n) is 5.10. The number of hydrogen-bond acceptors (Lipinski definition) is 7. The molecule has 3 N–H and O–H groups in total. The van der Waals surface area contributed by atoms with Crippen LogP contribution in [0.1, 0.15) is 24.2 Å². The summed E-state index contributed by atoms with van der Waals surface area (Å²) >= 11 is 0. The summed E-state index contributed by atoms with van der Waals surface area (Å²) in [6.45, 7) is 0. The van der Waals surface area contributed by atoms with Crippen molar-refractivity contribution in [1.29, 1.82) is 5.26 Å². The summed E-state index contributed by atoms with van der Waals surface area (Å²) in [7, 11) is 0. The normalized spacial score (nSPS) is 14.4. The van der Waals surface area contributed by atoms with Crippen LogP contribution in [0.3, 0.4) is 0 Å². The first-order chi connectivity index (χ1) is 14.1. The Bertz CT molecular complexity index is 1330. The van der Waals surface area contributed by atoms with Crippen LogP contribution in [0.2, 0.25) is 0 Å². The van der Waals surface area contributed by atoms with Gasteiger partial charge in [-0.3, -0.25) is 9.36 Å². The first-order valence-corrected chi connectivity index (χ1v) is 9.08. The average Bonchev–Trinajstić information content (AvgIpc) is 3.35. The van der Waals surface area contributed by atoms with Crippen LogP contribution in [0.5, 0.6) is 0 Å². The molecule has 0 atom stereocenters. The molecular formula is C20H16N8O. The molecule has 29 heavy (non-hydrogen) atoms. The minimum atomic E-state index is -0.639. The number of rotatable bonds is 4. The van der Waals surface area contributed by atoms with Crippen LogP contribution >= 0.6 is 0 Å². The number of aromatic nitrogens is 5. The number of nitrogens with one attached hydrogen (secondary N) is 1. The molecule has 0 unspecified atom stereocenters. The molecule has 142 valence electrons. The summed E-state index contributed by atoms with van der Waals surface area (Å²) in [6, 6.07) is 14.9. The molecule has 1 fully saturated rings. The fourth-order valence-corrected chi connectivity index (χ4v) is 3.47. The van der Waals surface area contributed by atoms with E-state index in [0.717, 1.165) is 18.5 Å². The van der Waals surface area contributed by atoms with Crippen molar-refractivity contribution in [3.63, 3.8) is 0 Å². The Morgan fingerprint density at radius 3 is 2.66 bits per heavy atom. The Morgan fingerprint density at radius 1 is 1.14 bits per heavy atom. The van der Waals surface area contributed by atoms with E-state index in [9.17, 15) is 10.1 Å². The molecule has 0 bridgehead atoms. The lowest BCUT2D eigenvalue weighted by molar-refractivity contribution is 0.632. The Morgan fingerprint density at radius 2 is 1.93 bits per heavy atom. The lowest BCUT2D eigenvalue weighted by Crippen LogP contribution is -2.34. The average molecular weight is 384 g/mol. The van der Waals surface area contributed by atoms with Crippen molar-refractivity contribution in [2.75, 3.05) is 11.1 Å². The largest absolute Gasteiger partial charge is 0.382 e. The van der Waals surface area contributed by atoms with Gasteiger partial charge < -0.3 is 11.1 Å². The minimum absolute atomic E-state index is 0.107. The smallest absolute Gasteiger partial charge is 0.282 e. The molecular weight excluding hydrogens is 368 g/mol. The van der Waals surface area contributed by atoms with Crippen molar-refractivity contribution < 1.29 is 0 Å². The molecule has 1 aliphatic carbocycles. The van der Waals surface area contributed by atoms with Crippen LogP contribution < -0.4 is 16.6 Å². The summed E-state index contributed by atoms with van der Waals surface area (Å²) < 4.78 is 3.20. The van der Waals surface area contributed by atoms with Gasteiger partial charge in [-0.05, 0) is 37.1 Å². The van der Waals surface area contributed by atoms with Gasteiger partial charge in [0.05, 0.1) is 11.2 Å². The van der Waals surface area contributed by atoms with Crippen LogP contribution in [0.4, 0.5) is 11.6 Å². The number of para-hydroxylation sites is 1. The molecule has 9 nitrogen and oxygen atoms in total. The van der Waals surface area contributed by atoms with Gasteiger partial charge in [0, 0.05) is 6.20 Å². The zero-order chi connectivity index (χ0) is 20.0. The van der Waals surface area contributed by atoms with Crippen molar-refractivity contribution in [1.82, 2.24) is 24.1 Å². The Hall–Kier alpha value is -4.19. The zero-order valence-corrected chi connectivity index (χ0v) is 15.3. The van der Waals surface area contributed by atoms with Gasteiger partial charge in [-0.25, -0.2) is 14.5 Å². The molecule has 4 aromatic rings. The number of nitriles is 1. The van der Waals surface area contributed by atoms with E-state index in [1.165, 1.54) is 6.33 Å². The third-order valence-corrected chi connectivity index (χ3v) is 5.10. The molecule has 3 aromatic heterocycles. The first-order valence-electron chi connectivity index (χ1n) is 9.08. The molecule has 0 aliphatic heterocycles. The maximum Gasteiger partial charge on any atom is 0.282 e. The Kier molecular flexibility index (Phi) is 3.61. The van der Waals surface area contributed by atoms with E-state index in [2.05, 4.69) is 15.3 Å². The van der Waals surface area contributed by atoms with Gasteiger partial charge in [0.2, 0.25) is 0 Å². The topological polar surface area (TPSA) is 127 Å². The molecule has 1 aliphatic rings. The molecule has 1 aromatic carbocycles. The molecule has 0 saturated heterocycles. The lowest BCUT2D eigenvalue weighted by atomic mass is 10.2. The molecule has 0 spiro atoms. The minimum Gasteiger partial charge on any atom is -0.382 e. The molecule has 5 rings (SSSR count). The predicted molar refractivity (Wildman–Crippen MR) is 106 cm³/mol. The quantitative estimate of drug-likeness (QED) is 0.549. The van der Waals surface area contributed by atoms with Crippen molar-refractivity contribution >= 4 is 17.2 Å². The monoisotopic (exact) mass is 384 g/mol. The zero-order valence-electron chi connectivity index (χ0n) is 15.3. The maximum absolute atomic E-state index is 13.3.